The van der Waals surface area contributed by atoms with E-state index in [1.165, 1.54) is 12.3 Å². The lowest BCUT2D eigenvalue weighted by Gasteiger charge is -2.04. The second-order valence-corrected chi connectivity index (χ2v) is 6.03. The second kappa shape index (κ2) is 6.56. The van der Waals surface area contributed by atoms with Crippen molar-refractivity contribution in [3.8, 4) is 11.5 Å². The van der Waals surface area contributed by atoms with E-state index in [9.17, 15) is 9.18 Å². The minimum absolute atomic E-state index is 0.221. The van der Waals surface area contributed by atoms with Crippen LogP contribution in [-0.4, -0.2) is 30.6 Å². The highest BCUT2D eigenvalue weighted by atomic mass is 19.1. The van der Waals surface area contributed by atoms with Gasteiger partial charge in [-0.2, -0.15) is 5.10 Å². The first kappa shape index (κ1) is 16.8. The molecule has 0 bridgehead atoms. The average Bonchev–Trinajstić information content (AvgIpc) is 3.02. The zero-order valence-corrected chi connectivity index (χ0v) is 14.4. The summed E-state index contributed by atoms with van der Waals surface area (Å²) in [5, 5.41) is 5.29. The number of aryl methyl sites for hydroxylation is 1. The molecule has 0 fully saturated rings. The van der Waals surface area contributed by atoms with Gasteiger partial charge in [0.15, 0.2) is 11.5 Å². The Bertz CT molecular complexity index is 1170. The standard InChI is InChI=1S/C19H15FN6O/c1-11-14(17(21)27)9-23-18(24-11)16-13-6-4-8-22-19(13)26(25-16)10-12-5-2-3-7-15(12)20/h2-9H,10H2,1H3,(H2,21,27). The number of amides is 1. The van der Waals surface area contributed by atoms with Crippen LogP contribution in [0.15, 0.2) is 48.8 Å². The molecule has 0 aliphatic carbocycles. The van der Waals surface area contributed by atoms with Crippen molar-refractivity contribution >= 4 is 16.9 Å². The molecule has 0 atom stereocenters. The van der Waals surface area contributed by atoms with Crippen molar-refractivity contribution in [2.75, 3.05) is 0 Å². The average molecular weight is 362 g/mol. The maximum Gasteiger partial charge on any atom is 0.252 e. The quantitative estimate of drug-likeness (QED) is 0.601. The molecule has 27 heavy (non-hydrogen) atoms. The van der Waals surface area contributed by atoms with Crippen LogP contribution in [0.25, 0.3) is 22.6 Å². The van der Waals surface area contributed by atoms with E-state index in [4.69, 9.17) is 5.73 Å². The van der Waals surface area contributed by atoms with Gasteiger partial charge in [0.1, 0.15) is 11.5 Å². The number of nitrogens with two attached hydrogens (primary N) is 1. The van der Waals surface area contributed by atoms with Crippen molar-refractivity contribution in [3.63, 3.8) is 0 Å². The molecule has 0 aliphatic heterocycles. The van der Waals surface area contributed by atoms with Gasteiger partial charge < -0.3 is 5.73 Å². The van der Waals surface area contributed by atoms with E-state index in [2.05, 4.69) is 20.1 Å². The minimum atomic E-state index is -0.587. The lowest BCUT2D eigenvalue weighted by atomic mass is 10.2. The molecule has 0 unspecified atom stereocenters. The highest BCUT2D eigenvalue weighted by Crippen LogP contribution is 2.25. The molecule has 0 radical (unpaired) electrons. The van der Waals surface area contributed by atoms with Crippen LogP contribution in [0.2, 0.25) is 0 Å². The first-order chi connectivity index (χ1) is 13.0. The van der Waals surface area contributed by atoms with Crippen LogP contribution in [0, 0.1) is 12.7 Å². The molecule has 0 saturated carbocycles. The summed E-state index contributed by atoms with van der Waals surface area (Å²) in [6.07, 6.45) is 3.03. The fourth-order valence-corrected chi connectivity index (χ4v) is 2.90. The predicted octanol–water partition coefficient (Wildman–Crippen LogP) is 2.48. The summed E-state index contributed by atoms with van der Waals surface area (Å²) in [5.74, 6) is -0.546. The molecule has 4 aromatic rings. The lowest BCUT2D eigenvalue weighted by Crippen LogP contribution is -2.14. The Morgan fingerprint density at radius 1 is 1.19 bits per heavy atom. The van der Waals surface area contributed by atoms with Crippen LogP contribution in [0.3, 0.4) is 0 Å². The van der Waals surface area contributed by atoms with Crippen LogP contribution < -0.4 is 5.73 Å². The van der Waals surface area contributed by atoms with E-state index < -0.39 is 5.91 Å². The Morgan fingerprint density at radius 3 is 2.74 bits per heavy atom. The van der Waals surface area contributed by atoms with E-state index >= 15 is 0 Å². The largest absolute Gasteiger partial charge is 0.365 e. The third kappa shape index (κ3) is 3.01. The molecule has 7 nitrogen and oxygen atoms in total. The smallest absolute Gasteiger partial charge is 0.252 e. The molecule has 0 aliphatic rings. The van der Waals surface area contributed by atoms with Crippen LogP contribution in [0.1, 0.15) is 21.6 Å². The van der Waals surface area contributed by atoms with Gasteiger partial charge in [-0.15, -0.1) is 0 Å². The molecule has 0 spiro atoms. The van der Waals surface area contributed by atoms with Gasteiger partial charge in [-0.3, -0.25) is 4.79 Å². The lowest BCUT2D eigenvalue weighted by molar-refractivity contribution is 0.0999. The molecule has 3 aromatic heterocycles. The molecule has 8 heteroatoms. The number of benzene rings is 1. The summed E-state index contributed by atoms with van der Waals surface area (Å²) < 4.78 is 15.7. The number of aromatic nitrogens is 5. The fraction of sp³-hybridized carbons (Fsp3) is 0.105. The highest BCUT2D eigenvalue weighted by Gasteiger charge is 2.18. The topological polar surface area (TPSA) is 99.6 Å². The van der Waals surface area contributed by atoms with Crippen LogP contribution in [0.5, 0.6) is 0 Å². The molecule has 3 heterocycles. The first-order valence-electron chi connectivity index (χ1n) is 8.23. The Morgan fingerprint density at radius 2 is 2.00 bits per heavy atom. The predicted molar refractivity (Wildman–Crippen MR) is 97.3 cm³/mol. The van der Waals surface area contributed by atoms with Crippen molar-refractivity contribution in [1.29, 1.82) is 0 Å². The molecule has 4 rings (SSSR count). The number of carbonyl (C=O) groups excluding carboxylic acids is 1. The number of rotatable bonds is 4. The van der Waals surface area contributed by atoms with Gasteiger partial charge in [0, 0.05) is 18.0 Å². The van der Waals surface area contributed by atoms with Gasteiger partial charge in [-0.05, 0) is 25.1 Å². The van der Waals surface area contributed by atoms with Gasteiger partial charge >= 0.3 is 0 Å². The zero-order chi connectivity index (χ0) is 19.0. The summed E-state index contributed by atoms with van der Waals surface area (Å²) in [6, 6.07) is 10.2. The van der Waals surface area contributed by atoms with Crippen LogP contribution in [-0.2, 0) is 6.54 Å². The summed E-state index contributed by atoms with van der Waals surface area (Å²) in [5.41, 5.74) is 7.64. The molecular formula is C19H15FN6O. The van der Waals surface area contributed by atoms with E-state index in [-0.39, 0.29) is 17.9 Å². The molecule has 134 valence electrons. The van der Waals surface area contributed by atoms with Crippen molar-refractivity contribution in [2.45, 2.75) is 13.5 Å². The van der Waals surface area contributed by atoms with Gasteiger partial charge in [0.05, 0.1) is 23.2 Å². The number of fused-ring (bicyclic) bond motifs is 1. The normalized spacial score (nSPS) is 11.0. The van der Waals surface area contributed by atoms with Crippen molar-refractivity contribution < 1.29 is 9.18 Å². The summed E-state index contributed by atoms with van der Waals surface area (Å²) in [6.45, 7) is 1.90. The first-order valence-corrected chi connectivity index (χ1v) is 8.23. The van der Waals surface area contributed by atoms with Gasteiger partial charge in [-0.25, -0.2) is 24.0 Å². The SMILES string of the molecule is Cc1nc(-c2nn(Cc3ccccc3F)c3ncccc23)ncc1C(N)=O. The van der Waals surface area contributed by atoms with Crippen LogP contribution in [0.4, 0.5) is 4.39 Å². The second-order valence-electron chi connectivity index (χ2n) is 6.03. The third-order valence-electron chi connectivity index (χ3n) is 4.24. The number of primary amides is 1. The molecule has 1 amide bonds. The monoisotopic (exact) mass is 362 g/mol. The number of nitrogens with zero attached hydrogens (tertiary/aromatic N) is 5. The Kier molecular flexibility index (Phi) is 4.08. The maximum atomic E-state index is 14.0. The van der Waals surface area contributed by atoms with E-state index in [1.54, 1.807) is 42.1 Å². The van der Waals surface area contributed by atoms with Gasteiger partial charge in [0.2, 0.25) is 0 Å². The number of pyridine rings is 1. The molecule has 0 saturated heterocycles. The Labute approximate surface area is 153 Å². The highest BCUT2D eigenvalue weighted by molar-refractivity contribution is 5.94. The van der Waals surface area contributed by atoms with E-state index in [1.807, 2.05) is 6.07 Å². The summed E-state index contributed by atoms with van der Waals surface area (Å²) in [4.78, 5) is 24.4. The number of halogens is 1. The van der Waals surface area contributed by atoms with Crippen molar-refractivity contribution in [1.82, 2.24) is 24.7 Å². The van der Waals surface area contributed by atoms with Gasteiger partial charge in [-0.1, -0.05) is 18.2 Å². The number of carbonyl (C=O) groups is 1. The molecule has 2 N–H and O–H groups in total. The van der Waals surface area contributed by atoms with Crippen molar-refractivity contribution in [2.24, 2.45) is 5.73 Å². The van der Waals surface area contributed by atoms with Gasteiger partial charge in [0.25, 0.3) is 5.91 Å². The third-order valence-corrected chi connectivity index (χ3v) is 4.24. The minimum Gasteiger partial charge on any atom is -0.365 e. The van der Waals surface area contributed by atoms with Crippen LogP contribution >= 0.6 is 0 Å². The fourth-order valence-electron chi connectivity index (χ4n) is 2.90. The number of hydrogen-bond donors (Lipinski definition) is 1. The maximum absolute atomic E-state index is 14.0. The Hall–Kier alpha value is -3.68. The summed E-state index contributed by atoms with van der Waals surface area (Å²) in [7, 11) is 0. The molecule has 1 aromatic carbocycles. The Balaban J connectivity index is 1.84. The van der Waals surface area contributed by atoms with Crippen molar-refractivity contribution in [3.05, 3.63) is 71.4 Å². The summed E-state index contributed by atoms with van der Waals surface area (Å²) >= 11 is 0. The zero-order valence-electron chi connectivity index (χ0n) is 14.4. The van der Waals surface area contributed by atoms with E-state index in [0.29, 0.717) is 28.4 Å². The van der Waals surface area contributed by atoms with E-state index in [0.717, 1.165) is 5.39 Å². The molecular weight excluding hydrogens is 347 g/mol. The number of hydrogen-bond acceptors (Lipinski definition) is 5.